The Bertz CT molecular complexity index is 1210. The predicted molar refractivity (Wildman–Crippen MR) is 134 cm³/mol. The fraction of sp³-hybridized carbons (Fsp3) is 0.321. The zero-order valence-corrected chi connectivity index (χ0v) is 20.3. The molecule has 2 atom stereocenters. The SMILES string of the molecule is CCOC(=O)c1c(NC(=O)[C@H](CC)c2ccccc2)sc2c1CC[C@](C#N)(c1ccccc1)C2. The number of ether oxygens (including phenoxy) is 1. The smallest absolute Gasteiger partial charge is 0.341 e. The molecule has 1 aliphatic carbocycles. The van der Waals surface area contributed by atoms with Gasteiger partial charge in [-0.1, -0.05) is 67.6 Å². The van der Waals surface area contributed by atoms with Crippen molar-refractivity contribution in [2.45, 2.75) is 50.9 Å². The van der Waals surface area contributed by atoms with Crippen LogP contribution in [0.2, 0.25) is 0 Å². The Labute approximate surface area is 204 Å². The summed E-state index contributed by atoms with van der Waals surface area (Å²) in [5.74, 6) is -0.891. The number of rotatable bonds is 7. The van der Waals surface area contributed by atoms with E-state index < -0.39 is 11.4 Å². The Hall–Kier alpha value is -3.43. The highest BCUT2D eigenvalue weighted by atomic mass is 32.1. The number of fused-ring (bicyclic) bond motifs is 1. The highest BCUT2D eigenvalue weighted by Gasteiger charge is 2.40. The lowest BCUT2D eigenvalue weighted by atomic mass is 9.70. The number of carbonyl (C=O) groups is 2. The summed E-state index contributed by atoms with van der Waals surface area (Å²) in [6, 6.07) is 22.0. The van der Waals surface area contributed by atoms with Crippen LogP contribution in [0.3, 0.4) is 0 Å². The molecule has 0 radical (unpaired) electrons. The lowest BCUT2D eigenvalue weighted by Crippen LogP contribution is -2.31. The molecule has 5 nitrogen and oxygen atoms in total. The van der Waals surface area contributed by atoms with Crippen LogP contribution >= 0.6 is 11.3 Å². The Morgan fingerprint density at radius 3 is 2.41 bits per heavy atom. The average molecular weight is 473 g/mol. The largest absolute Gasteiger partial charge is 0.462 e. The van der Waals surface area contributed by atoms with Crippen LogP contribution in [0.4, 0.5) is 5.00 Å². The van der Waals surface area contributed by atoms with E-state index in [0.717, 1.165) is 21.6 Å². The maximum absolute atomic E-state index is 13.3. The molecule has 0 fully saturated rings. The van der Waals surface area contributed by atoms with Gasteiger partial charge in [0.2, 0.25) is 5.91 Å². The Balaban J connectivity index is 1.70. The molecule has 0 bridgehead atoms. The summed E-state index contributed by atoms with van der Waals surface area (Å²) in [6.45, 7) is 4.00. The third kappa shape index (κ3) is 4.49. The van der Waals surface area contributed by atoms with E-state index in [1.165, 1.54) is 11.3 Å². The van der Waals surface area contributed by atoms with Crippen LogP contribution in [0.1, 0.15) is 64.5 Å². The highest BCUT2D eigenvalue weighted by Crippen LogP contribution is 2.45. The zero-order valence-electron chi connectivity index (χ0n) is 19.5. The molecule has 2 aromatic carbocycles. The molecule has 34 heavy (non-hydrogen) atoms. The van der Waals surface area contributed by atoms with Gasteiger partial charge in [-0.05, 0) is 42.9 Å². The van der Waals surface area contributed by atoms with Crippen LogP contribution in [0.15, 0.2) is 60.7 Å². The molecule has 4 rings (SSSR count). The summed E-state index contributed by atoms with van der Waals surface area (Å²) in [4.78, 5) is 27.2. The van der Waals surface area contributed by atoms with E-state index in [9.17, 15) is 14.9 Å². The van der Waals surface area contributed by atoms with Crippen molar-refractivity contribution < 1.29 is 14.3 Å². The first kappa shape index (κ1) is 23.7. The van der Waals surface area contributed by atoms with Crippen LogP contribution in [0, 0.1) is 11.3 Å². The van der Waals surface area contributed by atoms with Gasteiger partial charge in [0.15, 0.2) is 0 Å². The fourth-order valence-electron chi connectivity index (χ4n) is 4.75. The monoisotopic (exact) mass is 472 g/mol. The van der Waals surface area contributed by atoms with Crippen LogP contribution in [0.5, 0.6) is 0 Å². The summed E-state index contributed by atoms with van der Waals surface area (Å²) in [5, 5.41) is 13.7. The minimum atomic E-state index is -0.650. The molecule has 174 valence electrons. The topological polar surface area (TPSA) is 79.2 Å². The molecule has 0 aliphatic heterocycles. The van der Waals surface area contributed by atoms with E-state index in [-0.39, 0.29) is 18.4 Å². The van der Waals surface area contributed by atoms with Crippen LogP contribution < -0.4 is 5.32 Å². The van der Waals surface area contributed by atoms with Gasteiger partial charge in [0.05, 0.1) is 29.6 Å². The average Bonchev–Trinajstić information content (AvgIpc) is 3.22. The summed E-state index contributed by atoms with van der Waals surface area (Å²) >= 11 is 1.40. The molecule has 0 unspecified atom stereocenters. The van der Waals surface area contributed by atoms with Gasteiger partial charge in [-0.25, -0.2) is 4.79 Å². The van der Waals surface area contributed by atoms with E-state index >= 15 is 0 Å². The van der Waals surface area contributed by atoms with Gasteiger partial charge in [0.25, 0.3) is 0 Å². The zero-order chi connectivity index (χ0) is 24.1. The van der Waals surface area contributed by atoms with E-state index in [2.05, 4.69) is 11.4 Å². The molecule has 1 aliphatic rings. The standard InChI is InChI=1S/C28H28N2O3S/c1-3-21(19-11-7-5-8-12-19)25(31)30-26-24(27(32)33-4-2)22-15-16-28(18-29,17-23(22)34-26)20-13-9-6-10-14-20/h5-14,21H,3-4,15-17H2,1-2H3,(H,30,31)/t21-,28+/m1/s1. The maximum atomic E-state index is 13.3. The van der Waals surface area contributed by atoms with Crippen molar-refractivity contribution in [1.82, 2.24) is 0 Å². The Morgan fingerprint density at radius 2 is 1.79 bits per heavy atom. The van der Waals surface area contributed by atoms with Crippen LogP contribution in [0.25, 0.3) is 0 Å². The number of benzene rings is 2. The summed E-state index contributed by atoms with van der Waals surface area (Å²) in [5.41, 5.74) is 2.61. The molecule has 1 heterocycles. The van der Waals surface area contributed by atoms with Gasteiger partial charge in [0.1, 0.15) is 5.00 Å². The minimum Gasteiger partial charge on any atom is -0.462 e. The van der Waals surface area contributed by atoms with Crippen molar-refractivity contribution in [3.8, 4) is 6.07 Å². The molecular formula is C28H28N2O3S. The van der Waals surface area contributed by atoms with Crippen LogP contribution in [-0.2, 0) is 27.8 Å². The molecule has 1 N–H and O–H groups in total. The van der Waals surface area contributed by atoms with E-state index in [1.807, 2.05) is 67.6 Å². The lowest BCUT2D eigenvalue weighted by Gasteiger charge is -2.31. The van der Waals surface area contributed by atoms with Gasteiger partial charge < -0.3 is 10.1 Å². The molecular weight excluding hydrogens is 444 g/mol. The molecule has 3 aromatic rings. The number of amides is 1. The van der Waals surface area contributed by atoms with Crippen molar-refractivity contribution in [3.63, 3.8) is 0 Å². The second-order valence-corrected chi connectivity index (χ2v) is 9.63. The lowest BCUT2D eigenvalue weighted by molar-refractivity contribution is -0.117. The summed E-state index contributed by atoms with van der Waals surface area (Å²) in [7, 11) is 0. The van der Waals surface area contributed by atoms with Gasteiger partial charge >= 0.3 is 5.97 Å². The number of hydrogen-bond donors (Lipinski definition) is 1. The number of nitrogens with zero attached hydrogens (tertiary/aromatic N) is 1. The van der Waals surface area contributed by atoms with Crippen molar-refractivity contribution >= 4 is 28.2 Å². The van der Waals surface area contributed by atoms with E-state index in [0.29, 0.717) is 36.2 Å². The normalized spacial score (nSPS) is 17.8. The number of nitriles is 1. The number of esters is 1. The van der Waals surface area contributed by atoms with E-state index in [1.54, 1.807) is 6.92 Å². The van der Waals surface area contributed by atoms with Gasteiger partial charge in [-0.15, -0.1) is 11.3 Å². The first-order chi connectivity index (χ1) is 16.5. The first-order valence-electron chi connectivity index (χ1n) is 11.7. The highest BCUT2D eigenvalue weighted by molar-refractivity contribution is 7.17. The summed E-state index contributed by atoms with van der Waals surface area (Å²) in [6.07, 6.45) is 2.33. The number of thiophene rings is 1. The molecule has 0 saturated carbocycles. The first-order valence-corrected chi connectivity index (χ1v) is 12.5. The maximum Gasteiger partial charge on any atom is 0.341 e. The summed E-state index contributed by atoms with van der Waals surface area (Å²) < 4.78 is 5.36. The number of nitrogens with one attached hydrogen (secondary N) is 1. The van der Waals surface area contributed by atoms with Crippen molar-refractivity contribution in [1.29, 1.82) is 5.26 Å². The molecule has 0 spiro atoms. The van der Waals surface area contributed by atoms with Gasteiger partial charge in [0, 0.05) is 11.3 Å². The molecule has 0 saturated heterocycles. The molecule has 6 heteroatoms. The predicted octanol–water partition coefficient (Wildman–Crippen LogP) is 6.01. The van der Waals surface area contributed by atoms with Crippen molar-refractivity contribution in [2.75, 3.05) is 11.9 Å². The third-order valence-corrected chi connectivity index (χ3v) is 7.69. The fourth-order valence-corrected chi connectivity index (χ4v) is 6.10. The number of anilines is 1. The van der Waals surface area contributed by atoms with Crippen molar-refractivity contribution in [3.05, 3.63) is 87.8 Å². The van der Waals surface area contributed by atoms with Gasteiger partial charge in [-0.3, -0.25) is 4.79 Å². The van der Waals surface area contributed by atoms with Crippen LogP contribution in [-0.4, -0.2) is 18.5 Å². The van der Waals surface area contributed by atoms with Gasteiger partial charge in [-0.2, -0.15) is 5.26 Å². The molecule has 1 aromatic heterocycles. The number of carbonyl (C=O) groups excluding carboxylic acids is 2. The Kier molecular flexibility index (Phi) is 7.14. The second kappa shape index (κ2) is 10.2. The number of hydrogen-bond acceptors (Lipinski definition) is 5. The quantitative estimate of drug-likeness (QED) is 0.427. The second-order valence-electron chi connectivity index (χ2n) is 8.53. The minimum absolute atomic E-state index is 0.146. The Morgan fingerprint density at radius 1 is 1.12 bits per heavy atom. The third-order valence-electron chi connectivity index (χ3n) is 6.54. The van der Waals surface area contributed by atoms with Crippen molar-refractivity contribution in [2.24, 2.45) is 0 Å². The molecule has 1 amide bonds. The van der Waals surface area contributed by atoms with E-state index in [4.69, 9.17) is 4.74 Å².